The number of halogens is 1. The summed E-state index contributed by atoms with van der Waals surface area (Å²) in [6.07, 6.45) is 5.99. The average molecular weight is 265 g/mol. The van der Waals surface area contributed by atoms with Gasteiger partial charge in [0.2, 0.25) is 0 Å². The van der Waals surface area contributed by atoms with Gasteiger partial charge in [0.1, 0.15) is 5.82 Å². The Labute approximate surface area is 115 Å². The number of rotatable bonds is 5. The van der Waals surface area contributed by atoms with E-state index in [9.17, 15) is 4.39 Å². The third kappa shape index (κ3) is 3.54. The van der Waals surface area contributed by atoms with E-state index in [0.29, 0.717) is 18.1 Å². The average Bonchev–Trinajstić information content (AvgIpc) is 2.45. The van der Waals surface area contributed by atoms with E-state index in [1.54, 1.807) is 12.1 Å². The lowest BCUT2D eigenvalue weighted by Crippen LogP contribution is -2.37. The summed E-state index contributed by atoms with van der Waals surface area (Å²) in [5.74, 6) is 0.235. The molecule has 0 spiro atoms. The first-order chi connectivity index (χ1) is 9.24. The number of hydrogen-bond acceptors (Lipinski definition) is 2. The summed E-state index contributed by atoms with van der Waals surface area (Å²) < 4.78 is 19.7. The summed E-state index contributed by atoms with van der Waals surface area (Å²) in [5, 5.41) is 0. The van der Waals surface area contributed by atoms with Gasteiger partial charge in [0, 0.05) is 12.2 Å². The highest BCUT2D eigenvalue weighted by Gasteiger charge is 2.31. The number of ether oxygens (including phenoxy) is 1. The fourth-order valence-corrected chi connectivity index (χ4v) is 3.11. The molecule has 2 nitrogen and oxygen atoms in total. The lowest BCUT2D eigenvalue weighted by molar-refractivity contribution is -0.0105. The molecule has 2 unspecified atom stereocenters. The highest BCUT2D eigenvalue weighted by molar-refractivity contribution is 5.22. The lowest BCUT2D eigenvalue weighted by atomic mass is 9.81. The number of benzene rings is 1. The first-order valence-corrected chi connectivity index (χ1v) is 7.35. The molecule has 1 aromatic rings. The molecule has 19 heavy (non-hydrogen) atoms. The molecule has 0 radical (unpaired) electrons. The molecule has 1 saturated carbocycles. The zero-order valence-corrected chi connectivity index (χ0v) is 11.6. The Morgan fingerprint density at radius 3 is 2.58 bits per heavy atom. The summed E-state index contributed by atoms with van der Waals surface area (Å²) in [6.45, 7) is 2.60. The summed E-state index contributed by atoms with van der Waals surface area (Å²) in [6, 6.07) is 6.40. The Morgan fingerprint density at radius 2 is 1.95 bits per heavy atom. The largest absolute Gasteiger partial charge is 0.376 e. The minimum absolute atomic E-state index is 0.0674. The first kappa shape index (κ1) is 14.5. The molecule has 2 atom stereocenters. The number of hydrogen-bond donors (Lipinski definition) is 1. The van der Waals surface area contributed by atoms with Crippen LogP contribution in [0.5, 0.6) is 0 Å². The molecular formula is C16H24FNO. The molecular weight excluding hydrogens is 241 g/mol. The number of nitrogens with two attached hydrogens (primary N) is 1. The van der Waals surface area contributed by atoms with E-state index in [4.69, 9.17) is 10.5 Å². The first-order valence-electron chi connectivity index (χ1n) is 7.35. The fraction of sp³-hybridized carbons (Fsp3) is 0.625. The third-order valence-corrected chi connectivity index (χ3v) is 4.09. The molecule has 0 amide bonds. The van der Waals surface area contributed by atoms with Crippen LogP contribution in [0.4, 0.5) is 4.39 Å². The van der Waals surface area contributed by atoms with Crippen molar-refractivity contribution in [3.05, 3.63) is 35.6 Å². The Hall–Kier alpha value is -0.930. The van der Waals surface area contributed by atoms with Crippen LogP contribution < -0.4 is 5.73 Å². The van der Waals surface area contributed by atoms with Crippen LogP contribution in [-0.2, 0) is 4.74 Å². The second kappa shape index (κ2) is 7.01. The zero-order valence-electron chi connectivity index (χ0n) is 11.6. The van der Waals surface area contributed by atoms with Crippen LogP contribution in [0.3, 0.4) is 0 Å². The standard InChI is InChI=1S/C16H24FNO/c1-2-19-16(12-8-4-3-5-9-12)15(18)13-10-6-7-11-14(13)17/h6-7,10-12,15-16H,2-5,8-9,18H2,1H3. The van der Waals surface area contributed by atoms with Gasteiger partial charge in [0.15, 0.2) is 0 Å². The maximum Gasteiger partial charge on any atom is 0.128 e. The van der Waals surface area contributed by atoms with Crippen molar-refractivity contribution in [3.63, 3.8) is 0 Å². The van der Waals surface area contributed by atoms with Gasteiger partial charge in [-0.15, -0.1) is 0 Å². The molecule has 0 aliphatic heterocycles. The monoisotopic (exact) mass is 265 g/mol. The Morgan fingerprint density at radius 1 is 1.26 bits per heavy atom. The van der Waals surface area contributed by atoms with E-state index < -0.39 is 0 Å². The SMILES string of the molecule is CCOC(C1CCCCC1)C(N)c1ccccc1F. The maximum atomic E-state index is 13.9. The predicted octanol–water partition coefficient (Wildman–Crippen LogP) is 3.81. The second-order valence-electron chi connectivity index (χ2n) is 5.37. The van der Waals surface area contributed by atoms with Crippen LogP contribution in [0.15, 0.2) is 24.3 Å². The zero-order chi connectivity index (χ0) is 13.7. The molecule has 1 aliphatic rings. The van der Waals surface area contributed by atoms with Crippen molar-refractivity contribution in [1.29, 1.82) is 0 Å². The van der Waals surface area contributed by atoms with Crippen molar-refractivity contribution in [2.75, 3.05) is 6.61 Å². The van der Waals surface area contributed by atoms with Crippen molar-refractivity contribution >= 4 is 0 Å². The second-order valence-corrected chi connectivity index (χ2v) is 5.37. The molecule has 0 bridgehead atoms. The van der Waals surface area contributed by atoms with E-state index in [1.165, 1.54) is 25.3 Å². The maximum absolute atomic E-state index is 13.9. The molecule has 1 aliphatic carbocycles. The highest BCUT2D eigenvalue weighted by atomic mass is 19.1. The van der Waals surface area contributed by atoms with Crippen molar-refractivity contribution in [3.8, 4) is 0 Å². The van der Waals surface area contributed by atoms with Crippen LogP contribution in [0.2, 0.25) is 0 Å². The normalized spacial score (nSPS) is 20.2. The van der Waals surface area contributed by atoms with Crippen molar-refractivity contribution in [2.45, 2.75) is 51.2 Å². The minimum atomic E-state index is -0.371. The van der Waals surface area contributed by atoms with Gasteiger partial charge in [-0.2, -0.15) is 0 Å². The van der Waals surface area contributed by atoms with E-state index in [1.807, 2.05) is 13.0 Å². The van der Waals surface area contributed by atoms with Crippen LogP contribution in [0.25, 0.3) is 0 Å². The Kier molecular flexibility index (Phi) is 5.34. The van der Waals surface area contributed by atoms with E-state index >= 15 is 0 Å². The van der Waals surface area contributed by atoms with Gasteiger partial charge in [-0.25, -0.2) is 4.39 Å². The van der Waals surface area contributed by atoms with Crippen LogP contribution in [0.1, 0.15) is 50.6 Å². The van der Waals surface area contributed by atoms with Crippen LogP contribution in [-0.4, -0.2) is 12.7 Å². The molecule has 3 heteroatoms. The van der Waals surface area contributed by atoms with Gasteiger partial charge < -0.3 is 10.5 Å². The van der Waals surface area contributed by atoms with E-state index in [0.717, 1.165) is 12.8 Å². The van der Waals surface area contributed by atoms with Gasteiger partial charge in [-0.3, -0.25) is 0 Å². The molecule has 1 aromatic carbocycles. The van der Waals surface area contributed by atoms with E-state index in [-0.39, 0.29) is 18.0 Å². The molecule has 0 saturated heterocycles. The summed E-state index contributed by atoms with van der Waals surface area (Å²) >= 11 is 0. The van der Waals surface area contributed by atoms with E-state index in [2.05, 4.69) is 0 Å². The topological polar surface area (TPSA) is 35.2 Å². The van der Waals surface area contributed by atoms with Gasteiger partial charge >= 0.3 is 0 Å². The molecule has 106 valence electrons. The Bertz CT molecular complexity index is 390. The predicted molar refractivity (Wildman–Crippen MR) is 75.3 cm³/mol. The van der Waals surface area contributed by atoms with Crippen LogP contribution >= 0.6 is 0 Å². The molecule has 1 fully saturated rings. The van der Waals surface area contributed by atoms with Crippen LogP contribution in [0, 0.1) is 11.7 Å². The highest BCUT2D eigenvalue weighted by Crippen LogP contribution is 2.33. The minimum Gasteiger partial charge on any atom is -0.376 e. The van der Waals surface area contributed by atoms with Gasteiger partial charge in [0.05, 0.1) is 12.1 Å². The van der Waals surface area contributed by atoms with Crippen molar-refractivity contribution < 1.29 is 9.13 Å². The lowest BCUT2D eigenvalue weighted by Gasteiger charge is -2.34. The van der Waals surface area contributed by atoms with Crippen molar-refractivity contribution in [2.24, 2.45) is 11.7 Å². The quantitative estimate of drug-likeness (QED) is 0.878. The van der Waals surface area contributed by atoms with Gasteiger partial charge in [-0.05, 0) is 31.7 Å². The molecule has 0 aromatic heterocycles. The van der Waals surface area contributed by atoms with Gasteiger partial charge in [0.25, 0.3) is 0 Å². The summed E-state index contributed by atoms with van der Waals surface area (Å²) in [7, 11) is 0. The fourth-order valence-electron chi connectivity index (χ4n) is 3.11. The Balaban J connectivity index is 2.15. The smallest absolute Gasteiger partial charge is 0.128 e. The summed E-state index contributed by atoms with van der Waals surface area (Å²) in [4.78, 5) is 0. The summed E-state index contributed by atoms with van der Waals surface area (Å²) in [5.41, 5.74) is 6.87. The van der Waals surface area contributed by atoms with Crippen molar-refractivity contribution in [1.82, 2.24) is 0 Å². The third-order valence-electron chi connectivity index (χ3n) is 4.09. The molecule has 2 rings (SSSR count). The van der Waals surface area contributed by atoms with Gasteiger partial charge in [-0.1, -0.05) is 37.5 Å². The molecule has 0 heterocycles. The molecule has 2 N–H and O–H groups in total.